The average molecular weight is 662 g/mol. The average Bonchev–Trinajstić information content (AvgIpc) is 2.81. The maximum Gasteiger partial charge on any atom is 0.317 e. The molecule has 0 spiro atoms. The molecular weight excluding hydrogens is 624 g/mol. The number of nitrogens with zero attached hydrogens (tertiary/aromatic N) is 3. The highest BCUT2D eigenvalue weighted by Gasteiger charge is 2.31. The van der Waals surface area contributed by atoms with Crippen molar-refractivity contribution in [1.82, 2.24) is 14.7 Å². The Morgan fingerprint density at radius 3 is 1.60 bits per heavy atom. The molecule has 0 aromatic heterocycles. The van der Waals surface area contributed by atoms with Gasteiger partial charge in [0.1, 0.15) is 0 Å². The van der Waals surface area contributed by atoms with Crippen molar-refractivity contribution in [2.24, 2.45) is 5.41 Å². The molecule has 15 nitrogen and oxygen atoms in total. The highest BCUT2D eigenvalue weighted by Crippen LogP contribution is 2.21. The molecule has 0 fully saturated rings. The summed E-state index contributed by atoms with van der Waals surface area (Å²) in [4.78, 5) is 73.1. The first-order chi connectivity index (χ1) is 19.5. The van der Waals surface area contributed by atoms with Crippen LogP contribution in [0.3, 0.4) is 0 Å². The second-order valence-electron chi connectivity index (χ2n) is 10.6. The van der Waals surface area contributed by atoms with Gasteiger partial charge in [-0.1, -0.05) is 41.9 Å². The molecule has 0 radical (unpaired) electrons. The van der Waals surface area contributed by atoms with E-state index in [1.807, 2.05) is 0 Å². The number of carbonyl (C=O) groups excluding carboxylic acids is 1. The third-order valence-corrected chi connectivity index (χ3v) is 6.38. The van der Waals surface area contributed by atoms with Gasteiger partial charge < -0.3 is 30.8 Å². The second kappa shape index (κ2) is 17.4. The molecule has 0 aliphatic heterocycles. The molecule has 0 saturated carbocycles. The predicted molar refractivity (Wildman–Crippen MR) is 153 cm³/mol. The van der Waals surface area contributed by atoms with Crippen molar-refractivity contribution in [2.75, 3.05) is 63.0 Å². The van der Waals surface area contributed by atoms with Gasteiger partial charge in [-0.25, -0.2) is 0 Å². The lowest BCUT2D eigenvalue weighted by Crippen LogP contribution is -2.52. The number of aliphatic carboxylic acids is 5. The maximum absolute atomic E-state index is 11.8. The van der Waals surface area contributed by atoms with Crippen LogP contribution in [0.2, 0.25) is 0 Å². The highest BCUT2D eigenvalue weighted by atomic mass is 79.9. The number of amides is 1. The molecule has 234 valence electrons. The topological polar surface area (TPSA) is 225 Å². The summed E-state index contributed by atoms with van der Waals surface area (Å²) in [5.41, 5.74) is 0.348. The molecule has 6 N–H and O–H groups in total. The van der Waals surface area contributed by atoms with Gasteiger partial charge >= 0.3 is 29.8 Å². The van der Waals surface area contributed by atoms with Gasteiger partial charge in [-0.2, -0.15) is 0 Å². The van der Waals surface area contributed by atoms with E-state index in [2.05, 4.69) is 21.2 Å². The number of rotatable bonds is 21. The van der Waals surface area contributed by atoms with Crippen molar-refractivity contribution in [2.45, 2.75) is 26.3 Å². The lowest BCUT2D eigenvalue weighted by Gasteiger charge is -2.38. The Morgan fingerprint density at radius 1 is 0.738 bits per heavy atom. The van der Waals surface area contributed by atoms with E-state index in [4.69, 9.17) is 0 Å². The molecule has 0 heterocycles. The van der Waals surface area contributed by atoms with Crippen molar-refractivity contribution in [3.05, 3.63) is 29.8 Å². The summed E-state index contributed by atoms with van der Waals surface area (Å²) in [5.74, 6) is -6.50. The Balaban J connectivity index is 3.33. The molecule has 1 amide bonds. The van der Waals surface area contributed by atoms with Gasteiger partial charge in [-0.3, -0.25) is 43.5 Å². The molecule has 1 aromatic carbocycles. The summed E-state index contributed by atoms with van der Waals surface area (Å²) in [7, 11) is 0. The largest absolute Gasteiger partial charge is 0.480 e. The van der Waals surface area contributed by atoms with E-state index in [0.29, 0.717) is 11.3 Å². The zero-order valence-corrected chi connectivity index (χ0v) is 24.9. The van der Waals surface area contributed by atoms with Crippen LogP contribution in [-0.2, 0) is 35.2 Å². The van der Waals surface area contributed by atoms with Gasteiger partial charge in [0.25, 0.3) is 0 Å². The van der Waals surface area contributed by atoms with Crippen LogP contribution in [0.5, 0.6) is 0 Å². The number of carboxylic acids is 5. The van der Waals surface area contributed by atoms with E-state index in [1.165, 1.54) is 14.7 Å². The molecule has 1 aromatic rings. The first kappa shape index (κ1) is 36.4. The highest BCUT2D eigenvalue weighted by molar-refractivity contribution is 9.09. The Labute approximate surface area is 250 Å². The molecule has 0 aliphatic carbocycles. The molecule has 42 heavy (non-hydrogen) atoms. The number of hydrogen-bond donors (Lipinski definition) is 6. The molecular formula is C26H37BrN4O11. The number of carbonyl (C=O) groups is 6. The zero-order valence-electron chi connectivity index (χ0n) is 23.4. The first-order valence-corrected chi connectivity index (χ1v) is 13.8. The number of carboxylic acid groups (broad SMARTS) is 5. The van der Waals surface area contributed by atoms with Gasteiger partial charge in [-0.15, -0.1) is 0 Å². The van der Waals surface area contributed by atoms with Crippen LogP contribution in [-0.4, -0.2) is 140 Å². The van der Waals surface area contributed by atoms with E-state index in [-0.39, 0.29) is 37.3 Å². The van der Waals surface area contributed by atoms with E-state index < -0.39 is 74.0 Å². The van der Waals surface area contributed by atoms with Gasteiger partial charge in [0, 0.05) is 31.4 Å². The van der Waals surface area contributed by atoms with Gasteiger partial charge in [-0.05, 0) is 29.5 Å². The Hall–Kier alpha value is -3.60. The number of nitrogens with one attached hydrogen (secondary N) is 1. The predicted octanol–water partition coefficient (Wildman–Crippen LogP) is 0.286. The lowest BCUT2D eigenvalue weighted by atomic mass is 9.91. The van der Waals surface area contributed by atoms with Crippen LogP contribution in [0, 0.1) is 5.41 Å². The smallest absolute Gasteiger partial charge is 0.317 e. The third kappa shape index (κ3) is 15.4. The molecule has 0 bridgehead atoms. The standard InChI is InChI=1S/C26H37BrN4O11/c1-26(2,16-30(11-22(35)36)12-23(37)38)15-29(10-21(33)34)9-19(31(13-24(39)40)14-25(41)42)7-17-3-5-18(6-4-17)28-20(32)8-27/h3-6,19H,7-16H2,1-2H3,(H,28,32)(H,33,34)(H,35,36)(H,37,38)(H,39,40)(H,41,42). The summed E-state index contributed by atoms with van der Waals surface area (Å²) in [6.07, 6.45) is 0.133. The summed E-state index contributed by atoms with van der Waals surface area (Å²) in [6, 6.07) is 5.83. The number of alkyl halides is 1. The van der Waals surface area contributed by atoms with Gasteiger partial charge in [0.05, 0.1) is 38.1 Å². The minimum absolute atomic E-state index is 0.0120. The molecule has 1 atom stereocenters. The fourth-order valence-electron chi connectivity index (χ4n) is 4.65. The lowest BCUT2D eigenvalue weighted by molar-refractivity contribution is -0.145. The quantitative estimate of drug-likeness (QED) is 0.0975. The number of halogens is 1. The maximum atomic E-state index is 11.8. The van der Waals surface area contributed by atoms with Crippen molar-refractivity contribution < 1.29 is 54.3 Å². The Kier molecular flexibility index (Phi) is 15.1. The van der Waals surface area contributed by atoms with Crippen LogP contribution in [0.1, 0.15) is 19.4 Å². The van der Waals surface area contributed by atoms with Gasteiger partial charge in [0.2, 0.25) is 5.91 Å². The van der Waals surface area contributed by atoms with Crippen molar-refractivity contribution in [1.29, 1.82) is 0 Å². The summed E-state index contributed by atoms with van der Waals surface area (Å²) >= 11 is 3.05. The third-order valence-electron chi connectivity index (χ3n) is 5.87. The summed E-state index contributed by atoms with van der Waals surface area (Å²) < 4.78 is 0. The van der Waals surface area contributed by atoms with Crippen molar-refractivity contribution >= 4 is 57.4 Å². The number of hydrogen-bond acceptors (Lipinski definition) is 9. The van der Waals surface area contributed by atoms with E-state index in [0.717, 1.165) is 0 Å². The number of anilines is 1. The van der Waals surface area contributed by atoms with Crippen LogP contribution >= 0.6 is 15.9 Å². The monoisotopic (exact) mass is 660 g/mol. The fourth-order valence-corrected chi connectivity index (χ4v) is 4.79. The van der Waals surface area contributed by atoms with E-state index >= 15 is 0 Å². The minimum atomic E-state index is -1.28. The zero-order chi connectivity index (χ0) is 32.0. The van der Waals surface area contributed by atoms with Crippen LogP contribution in [0.15, 0.2) is 24.3 Å². The summed E-state index contributed by atoms with van der Waals surface area (Å²) in [5, 5.41) is 49.7. The van der Waals surface area contributed by atoms with Crippen molar-refractivity contribution in [3.8, 4) is 0 Å². The fraction of sp³-hybridized carbons (Fsp3) is 0.538. The molecule has 1 unspecified atom stereocenters. The molecule has 16 heteroatoms. The Bertz CT molecular complexity index is 1080. The minimum Gasteiger partial charge on any atom is -0.480 e. The van der Waals surface area contributed by atoms with E-state index in [9.17, 15) is 54.3 Å². The normalized spacial score (nSPS) is 12.3. The molecule has 1 rings (SSSR count). The number of benzene rings is 1. The van der Waals surface area contributed by atoms with Gasteiger partial charge in [0.15, 0.2) is 0 Å². The second-order valence-corrected chi connectivity index (χ2v) is 11.2. The summed E-state index contributed by atoms with van der Waals surface area (Å²) in [6.45, 7) is 0.512. The Morgan fingerprint density at radius 2 is 1.17 bits per heavy atom. The first-order valence-electron chi connectivity index (χ1n) is 12.7. The molecule has 0 saturated heterocycles. The van der Waals surface area contributed by atoms with Crippen molar-refractivity contribution in [3.63, 3.8) is 0 Å². The van der Waals surface area contributed by atoms with E-state index in [1.54, 1.807) is 38.1 Å². The SMILES string of the molecule is CC(C)(CN(CC(=O)O)CC(=O)O)CN(CC(=O)O)CC(Cc1ccc(NC(=O)CBr)cc1)N(CC(=O)O)CC(=O)O. The van der Waals surface area contributed by atoms with Crippen LogP contribution < -0.4 is 5.32 Å². The van der Waals surface area contributed by atoms with Crippen LogP contribution in [0.4, 0.5) is 5.69 Å². The van der Waals surface area contributed by atoms with Crippen LogP contribution in [0.25, 0.3) is 0 Å². The molecule has 0 aliphatic rings.